The lowest BCUT2D eigenvalue weighted by Crippen LogP contribution is -2.37. The van der Waals surface area contributed by atoms with E-state index in [0.717, 1.165) is 16.9 Å². The minimum atomic E-state index is -1.15. The van der Waals surface area contributed by atoms with Gasteiger partial charge in [0.1, 0.15) is 11.9 Å². The van der Waals surface area contributed by atoms with Gasteiger partial charge in [-0.25, -0.2) is 9.18 Å². The third-order valence-corrected chi connectivity index (χ3v) is 6.74. The van der Waals surface area contributed by atoms with Crippen LogP contribution in [-0.2, 0) is 4.79 Å². The fraction of sp³-hybridized carbons (Fsp3) is 0.233. The van der Waals surface area contributed by atoms with Crippen LogP contribution in [0.5, 0.6) is 11.5 Å². The number of carbonyl (C=O) groups is 1. The third-order valence-electron chi connectivity index (χ3n) is 6.74. The van der Waals surface area contributed by atoms with Gasteiger partial charge in [-0.2, -0.15) is 0 Å². The second kappa shape index (κ2) is 11.6. The third kappa shape index (κ3) is 5.87. The van der Waals surface area contributed by atoms with Crippen molar-refractivity contribution in [3.05, 3.63) is 107 Å². The Balaban J connectivity index is 0.00000320. The monoisotopic (exact) mass is 521 g/mol. The van der Waals surface area contributed by atoms with Gasteiger partial charge < -0.3 is 19.9 Å². The molecule has 0 unspecified atom stereocenters. The first-order chi connectivity index (χ1) is 17.5. The van der Waals surface area contributed by atoms with Crippen molar-refractivity contribution in [3.8, 4) is 11.5 Å². The molecule has 0 saturated carbocycles. The highest BCUT2D eigenvalue weighted by atomic mass is 35.5. The quantitative estimate of drug-likeness (QED) is 0.277. The van der Waals surface area contributed by atoms with E-state index in [0.29, 0.717) is 13.0 Å². The van der Waals surface area contributed by atoms with Gasteiger partial charge in [0.05, 0.1) is 0 Å². The number of benzene rings is 4. The van der Waals surface area contributed by atoms with E-state index in [-0.39, 0.29) is 36.2 Å². The number of halogens is 2. The number of fused-ring (bicyclic) bond motifs is 2. The highest BCUT2D eigenvalue weighted by Gasteiger charge is 2.30. The number of aliphatic carboxylic acids is 1. The highest BCUT2D eigenvalue weighted by Crippen LogP contribution is 2.41. The van der Waals surface area contributed by atoms with E-state index >= 15 is 0 Å². The fourth-order valence-corrected chi connectivity index (χ4v) is 4.97. The summed E-state index contributed by atoms with van der Waals surface area (Å²) in [5, 5.41) is 15.0. The van der Waals surface area contributed by atoms with Crippen molar-refractivity contribution in [3.63, 3.8) is 0 Å². The first-order valence-corrected chi connectivity index (χ1v) is 12.1. The van der Waals surface area contributed by atoms with Gasteiger partial charge in [-0.1, -0.05) is 66.7 Å². The number of hydrogen-bond acceptors (Lipinski definition) is 4. The van der Waals surface area contributed by atoms with Gasteiger partial charge in [0.15, 0.2) is 18.2 Å². The predicted octanol–water partition coefficient (Wildman–Crippen LogP) is 6.50. The van der Waals surface area contributed by atoms with Crippen LogP contribution in [0.2, 0.25) is 0 Å². The van der Waals surface area contributed by atoms with Gasteiger partial charge in [-0.15, -0.1) is 12.4 Å². The number of carboxylic acids is 1. The van der Waals surface area contributed by atoms with Crippen molar-refractivity contribution < 1.29 is 23.8 Å². The average molecular weight is 522 g/mol. The Kier molecular flexibility index (Phi) is 8.31. The predicted molar refractivity (Wildman–Crippen MR) is 144 cm³/mol. The van der Waals surface area contributed by atoms with Crippen molar-refractivity contribution in [2.45, 2.75) is 31.4 Å². The molecule has 4 aromatic rings. The molecule has 1 aliphatic heterocycles. The van der Waals surface area contributed by atoms with Crippen LogP contribution < -0.4 is 14.8 Å². The molecule has 4 aromatic carbocycles. The normalized spacial score (nSPS) is 17.2. The zero-order valence-corrected chi connectivity index (χ0v) is 21.2. The zero-order chi connectivity index (χ0) is 25.1. The van der Waals surface area contributed by atoms with Crippen LogP contribution in [0, 0.1) is 5.82 Å². The Bertz CT molecular complexity index is 1390. The van der Waals surface area contributed by atoms with Crippen LogP contribution in [0.3, 0.4) is 0 Å². The zero-order valence-electron chi connectivity index (χ0n) is 20.4. The van der Waals surface area contributed by atoms with Crippen molar-refractivity contribution in [2.75, 3.05) is 13.2 Å². The lowest BCUT2D eigenvalue weighted by molar-refractivity contribution is -0.139. The Hall–Kier alpha value is -3.61. The Labute approximate surface area is 221 Å². The van der Waals surface area contributed by atoms with E-state index in [9.17, 15) is 9.18 Å². The van der Waals surface area contributed by atoms with Gasteiger partial charge in [-0.3, -0.25) is 0 Å². The van der Waals surface area contributed by atoms with Gasteiger partial charge in [-0.05, 0) is 53.4 Å². The minimum Gasteiger partial charge on any atom is -0.489 e. The summed E-state index contributed by atoms with van der Waals surface area (Å²) in [6.45, 7) is 2.20. The van der Waals surface area contributed by atoms with E-state index in [1.165, 1.54) is 22.4 Å². The maximum absolute atomic E-state index is 14.3. The summed E-state index contributed by atoms with van der Waals surface area (Å²) >= 11 is 0. The summed E-state index contributed by atoms with van der Waals surface area (Å²) in [7, 11) is 0. The average Bonchev–Trinajstić information content (AvgIpc) is 2.90. The van der Waals surface area contributed by atoms with Crippen molar-refractivity contribution >= 4 is 29.1 Å². The smallest absolute Gasteiger partial charge is 0.341 e. The van der Waals surface area contributed by atoms with E-state index in [1.54, 1.807) is 12.1 Å². The Morgan fingerprint density at radius 3 is 2.68 bits per heavy atom. The van der Waals surface area contributed by atoms with Crippen LogP contribution in [-0.4, -0.2) is 30.3 Å². The second-order valence-corrected chi connectivity index (χ2v) is 9.14. The lowest BCUT2D eigenvalue weighted by atomic mass is 9.84. The fourth-order valence-electron chi connectivity index (χ4n) is 4.97. The summed E-state index contributed by atoms with van der Waals surface area (Å²) in [6.07, 6.45) is 0.590. The molecule has 0 aliphatic carbocycles. The molecular formula is C30H29ClFNO4. The molecule has 0 bridgehead atoms. The molecule has 0 saturated heterocycles. The number of hydrogen-bond donors (Lipinski definition) is 2. The van der Waals surface area contributed by atoms with Crippen LogP contribution in [0.4, 0.5) is 4.39 Å². The Morgan fingerprint density at radius 2 is 1.84 bits per heavy atom. The summed E-state index contributed by atoms with van der Waals surface area (Å²) in [5.41, 5.74) is 3.12. The van der Waals surface area contributed by atoms with Crippen molar-refractivity contribution in [1.29, 1.82) is 0 Å². The molecule has 0 spiro atoms. The SMILES string of the molecule is C[C@@H](NC[C@H]1C[C@@H](c2ccc(F)c(OCC(=O)O)c2)c2ccccc2O1)c1cccc2ccccc12.Cl. The van der Waals surface area contributed by atoms with Crippen molar-refractivity contribution in [1.82, 2.24) is 5.32 Å². The molecule has 7 heteroatoms. The molecule has 1 aliphatic rings. The van der Waals surface area contributed by atoms with Crippen molar-refractivity contribution in [2.24, 2.45) is 0 Å². The van der Waals surface area contributed by atoms with Gasteiger partial charge in [0.25, 0.3) is 0 Å². The number of nitrogens with one attached hydrogen (secondary N) is 1. The summed E-state index contributed by atoms with van der Waals surface area (Å²) in [5.74, 6) is -1.03. The van der Waals surface area contributed by atoms with Crippen LogP contribution in [0.25, 0.3) is 10.8 Å². The van der Waals surface area contributed by atoms with E-state index in [4.69, 9.17) is 14.6 Å². The van der Waals surface area contributed by atoms with Crippen LogP contribution in [0.1, 0.15) is 42.0 Å². The molecule has 37 heavy (non-hydrogen) atoms. The first-order valence-electron chi connectivity index (χ1n) is 12.1. The first kappa shape index (κ1) is 26.5. The number of carboxylic acid groups (broad SMARTS) is 1. The topological polar surface area (TPSA) is 67.8 Å². The largest absolute Gasteiger partial charge is 0.489 e. The molecule has 0 fully saturated rings. The number of para-hydroxylation sites is 1. The van der Waals surface area contributed by atoms with Gasteiger partial charge in [0, 0.05) is 24.1 Å². The molecule has 5 nitrogen and oxygen atoms in total. The molecule has 0 aromatic heterocycles. The summed E-state index contributed by atoms with van der Waals surface area (Å²) in [6, 6.07) is 27.4. The number of rotatable bonds is 8. The highest BCUT2D eigenvalue weighted by molar-refractivity contribution is 5.86. The van der Waals surface area contributed by atoms with Crippen LogP contribution >= 0.6 is 12.4 Å². The summed E-state index contributed by atoms with van der Waals surface area (Å²) < 4.78 is 25.8. The Morgan fingerprint density at radius 1 is 1.08 bits per heavy atom. The van der Waals surface area contributed by atoms with Gasteiger partial charge >= 0.3 is 5.97 Å². The minimum absolute atomic E-state index is 0. The molecule has 3 atom stereocenters. The van der Waals surface area contributed by atoms with E-state index in [2.05, 4.69) is 48.6 Å². The molecule has 0 radical (unpaired) electrons. The molecule has 2 N–H and O–H groups in total. The molecular weight excluding hydrogens is 493 g/mol. The standard InChI is InChI=1S/C30H28FNO4.ClH/c1-19(23-11-6-8-20-7-2-3-9-24(20)23)32-17-22-16-26(25-10-4-5-12-28(25)36-22)21-13-14-27(31)29(15-21)35-18-30(33)34;/h2-15,19,22,26,32H,16-18H2,1H3,(H,33,34);1H/t19-,22-,26+;/m1./s1. The maximum Gasteiger partial charge on any atom is 0.341 e. The maximum atomic E-state index is 14.3. The summed E-state index contributed by atoms with van der Waals surface area (Å²) in [4.78, 5) is 10.9. The van der Waals surface area contributed by atoms with Crippen LogP contribution in [0.15, 0.2) is 84.9 Å². The lowest BCUT2D eigenvalue weighted by Gasteiger charge is -2.33. The van der Waals surface area contributed by atoms with Gasteiger partial charge in [0.2, 0.25) is 0 Å². The van der Waals surface area contributed by atoms with E-state index in [1.807, 2.05) is 30.3 Å². The van der Waals surface area contributed by atoms with E-state index < -0.39 is 18.4 Å². The second-order valence-electron chi connectivity index (χ2n) is 9.14. The molecule has 192 valence electrons. The molecule has 5 rings (SSSR count). The molecule has 0 amide bonds. The molecule has 1 heterocycles. The number of ether oxygens (including phenoxy) is 2.